The molecule has 0 radical (unpaired) electrons. The Morgan fingerprint density at radius 3 is 2.06 bits per heavy atom. The van der Waals surface area contributed by atoms with Crippen molar-refractivity contribution >= 4 is 11.8 Å². The standard InChI is InChI=1S/C24H22F2N2.C2HF3O2/c1-16-6-2-3-7-17(16)12-13-22-27-23(18-8-4-10-20(25)14-18)24(28-22)19-9-5-11-21(26)15-19;3-2(4,5)1(6)7/h2-11,14-15,23-24H,12-13H2,1H3,(H,27,28);(H,6,7)/t23-,24+;. The molecule has 3 aromatic carbocycles. The number of rotatable bonds is 5. The minimum Gasteiger partial charge on any atom is -0.475 e. The van der Waals surface area contributed by atoms with Crippen LogP contribution >= 0.6 is 0 Å². The molecule has 0 spiro atoms. The summed E-state index contributed by atoms with van der Waals surface area (Å²) in [6.45, 7) is 2.10. The third kappa shape index (κ3) is 7.11. The van der Waals surface area contributed by atoms with Crippen molar-refractivity contribution in [3.63, 3.8) is 0 Å². The molecule has 1 aliphatic heterocycles. The summed E-state index contributed by atoms with van der Waals surface area (Å²) < 4.78 is 59.3. The maximum Gasteiger partial charge on any atom is 0.490 e. The molecule has 2 atom stereocenters. The summed E-state index contributed by atoms with van der Waals surface area (Å²) in [5.41, 5.74) is 4.13. The van der Waals surface area contributed by atoms with Crippen LogP contribution in [-0.2, 0) is 11.2 Å². The number of carbonyl (C=O) groups is 1. The lowest BCUT2D eigenvalue weighted by molar-refractivity contribution is -0.192. The van der Waals surface area contributed by atoms with E-state index < -0.39 is 12.1 Å². The van der Waals surface area contributed by atoms with E-state index in [2.05, 4.69) is 24.4 Å². The Labute approximate surface area is 199 Å². The molecule has 35 heavy (non-hydrogen) atoms. The van der Waals surface area contributed by atoms with Gasteiger partial charge in [-0.25, -0.2) is 13.6 Å². The second-order valence-corrected chi connectivity index (χ2v) is 7.98. The molecule has 0 saturated carbocycles. The van der Waals surface area contributed by atoms with Gasteiger partial charge < -0.3 is 10.4 Å². The first-order chi connectivity index (χ1) is 16.5. The monoisotopic (exact) mass is 490 g/mol. The first-order valence-corrected chi connectivity index (χ1v) is 10.7. The molecule has 0 fully saturated rings. The molecular formula is C26H23F5N2O2. The molecule has 1 heterocycles. The predicted octanol–water partition coefficient (Wildman–Crippen LogP) is 6.32. The lowest BCUT2D eigenvalue weighted by Crippen LogP contribution is -2.25. The summed E-state index contributed by atoms with van der Waals surface area (Å²) in [4.78, 5) is 13.7. The maximum absolute atomic E-state index is 13.8. The Morgan fingerprint density at radius 1 is 0.914 bits per heavy atom. The van der Waals surface area contributed by atoms with E-state index in [1.165, 1.54) is 35.4 Å². The Bertz CT molecular complexity index is 1210. The number of hydrogen-bond acceptors (Lipinski definition) is 3. The van der Waals surface area contributed by atoms with Gasteiger partial charge in [0.15, 0.2) is 0 Å². The molecule has 0 unspecified atom stereocenters. The van der Waals surface area contributed by atoms with E-state index in [0.29, 0.717) is 0 Å². The van der Waals surface area contributed by atoms with Gasteiger partial charge in [-0.2, -0.15) is 13.2 Å². The van der Waals surface area contributed by atoms with Gasteiger partial charge in [0.2, 0.25) is 0 Å². The largest absolute Gasteiger partial charge is 0.490 e. The number of aryl methyl sites for hydroxylation is 2. The van der Waals surface area contributed by atoms with Crippen molar-refractivity contribution in [1.82, 2.24) is 5.32 Å². The number of carboxylic acids is 1. The molecule has 3 aromatic rings. The molecule has 4 rings (SSSR count). The van der Waals surface area contributed by atoms with E-state index in [1.54, 1.807) is 12.1 Å². The van der Waals surface area contributed by atoms with Crippen LogP contribution in [0.5, 0.6) is 0 Å². The minimum atomic E-state index is -5.08. The summed E-state index contributed by atoms with van der Waals surface area (Å²) in [6.07, 6.45) is -3.47. The topological polar surface area (TPSA) is 61.7 Å². The summed E-state index contributed by atoms with van der Waals surface area (Å²) in [5, 5.41) is 10.6. The molecule has 0 amide bonds. The van der Waals surface area contributed by atoms with Gasteiger partial charge in [0, 0.05) is 6.42 Å². The van der Waals surface area contributed by atoms with Crippen LogP contribution in [0.3, 0.4) is 0 Å². The molecule has 2 N–H and O–H groups in total. The highest BCUT2D eigenvalue weighted by Gasteiger charge is 2.38. The highest BCUT2D eigenvalue weighted by molar-refractivity contribution is 5.85. The average Bonchev–Trinajstić information content (AvgIpc) is 3.23. The number of halogens is 5. The van der Waals surface area contributed by atoms with Crippen LogP contribution in [0.1, 0.15) is 40.8 Å². The van der Waals surface area contributed by atoms with Crippen molar-refractivity contribution in [3.05, 3.63) is 107 Å². The third-order valence-electron chi connectivity index (χ3n) is 5.47. The molecule has 0 bridgehead atoms. The van der Waals surface area contributed by atoms with Crippen molar-refractivity contribution < 1.29 is 31.9 Å². The van der Waals surface area contributed by atoms with Crippen molar-refractivity contribution in [2.24, 2.45) is 4.99 Å². The van der Waals surface area contributed by atoms with Crippen LogP contribution in [0, 0.1) is 18.6 Å². The quantitative estimate of drug-likeness (QED) is 0.411. The number of benzene rings is 3. The van der Waals surface area contributed by atoms with Gasteiger partial charge in [0.25, 0.3) is 0 Å². The van der Waals surface area contributed by atoms with E-state index in [1.807, 2.05) is 24.3 Å². The van der Waals surface area contributed by atoms with Gasteiger partial charge in [-0.1, -0.05) is 48.5 Å². The Kier molecular flexibility index (Phi) is 8.22. The van der Waals surface area contributed by atoms with Gasteiger partial charge in [0.05, 0.1) is 11.9 Å². The van der Waals surface area contributed by atoms with Gasteiger partial charge in [0.1, 0.15) is 17.7 Å². The van der Waals surface area contributed by atoms with Gasteiger partial charge in [-0.05, 0) is 59.9 Å². The fourth-order valence-corrected chi connectivity index (χ4v) is 3.74. The Hall–Kier alpha value is -3.75. The first kappa shape index (κ1) is 25.9. The summed E-state index contributed by atoms with van der Waals surface area (Å²) in [6, 6.07) is 20.8. The normalized spacial score (nSPS) is 17.1. The number of aliphatic carboxylic acids is 1. The van der Waals surface area contributed by atoms with Crippen LogP contribution in [0.25, 0.3) is 0 Å². The van der Waals surface area contributed by atoms with Crippen molar-refractivity contribution in [2.45, 2.75) is 38.0 Å². The molecule has 4 nitrogen and oxygen atoms in total. The van der Waals surface area contributed by atoms with Crippen LogP contribution in [-0.4, -0.2) is 23.1 Å². The number of carboxylic acid groups (broad SMARTS) is 1. The zero-order valence-electron chi connectivity index (χ0n) is 18.7. The van der Waals surface area contributed by atoms with Gasteiger partial charge in [-0.3, -0.25) is 4.99 Å². The van der Waals surface area contributed by atoms with E-state index >= 15 is 0 Å². The molecule has 1 aliphatic rings. The number of nitrogens with zero attached hydrogens (tertiary/aromatic N) is 1. The highest BCUT2D eigenvalue weighted by atomic mass is 19.4. The van der Waals surface area contributed by atoms with Gasteiger partial charge >= 0.3 is 12.1 Å². The number of alkyl halides is 3. The average molecular weight is 490 g/mol. The second kappa shape index (κ2) is 11.1. The summed E-state index contributed by atoms with van der Waals surface area (Å²) >= 11 is 0. The van der Waals surface area contributed by atoms with E-state index in [4.69, 9.17) is 14.9 Å². The van der Waals surface area contributed by atoms with E-state index in [-0.39, 0.29) is 23.7 Å². The lowest BCUT2D eigenvalue weighted by atomic mass is 9.95. The number of amidine groups is 1. The van der Waals surface area contributed by atoms with Crippen molar-refractivity contribution in [1.29, 1.82) is 0 Å². The lowest BCUT2D eigenvalue weighted by Gasteiger charge is -2.20. The van der Waals surface area contributed by atoms with Crippen molar-refractivity contribution in [2.75, 3.05) is 0 Å². The summed E-state index contributed by atoms with van der Waals surface area (Å²) in [7, 11) is 0. The van der Waals surface area contributed by atoms with Crippen LogP contribution in [0.2, 0.25) is 0 Å². The highest BCUT2D eigenvalue weighted by Crippen LogP contribution is 2.37. The van der Waals surface area contributed by atoms with Crippen LogP contribution in [0.4, 0.5) is 22.0 Å². The molecule has 0 saturated heterocycles. The SMILES string of the molecule is Cc1ccccc1CCC1=N[C@H](c2cccc(F)c2)[C@H](c2cccc(F)c2)N1.O=C(O)C(F)(F)F. The molecule has 9 heteroatoms. The minimum absolute atomic E-state index is 0.218. The molecule has 0 aliphatic carbocycles. The van der Waals surface area contributed by atoms with E-state index in [9.17, 15) is 22.0 Å². The number of nitrogens with one attached hydrogen (secondary N) is 1. The van der Waals surface area contributed by atoms with E-state index in [0.717, 1.165) is 29.8 Å². The van der Waals surface area contributed by atoms with Crippen LogP contribution < -0.4 is 5.32 Å². The maximum atomic E-state index is 13.8. The number of aliphatic imine (C=N–C) groups is 1. The molecule has 184 valence electrons. The predicted molar refractivity (Wildman–Crippen MR) is 122 cm³/mol. The fourth-order valence-electron chi connectivity index (χ4n) is 3.74. The van der Waals surface area contributed by atoms with Crippen molar-refractivity contribution in [3.8, 4) is 0 Å². The van der Waals surface area contributed by atoms with Crippen LogP contribution in [0.15, 0.2) is 77.8 Å². The first-order valence-electron chi connectivity index (χ1n) is 10.7. The fraction of sp³-hybridized carbons (Fsp3) is 0.231. The number of hydrogen-bond donors (Lipinski definition) is 2. The third-order valence-corrected chi connectivity index (χ3v) is 5.47. The second-order valence-electron chi connectivity index (χ2n) is 7.98. The van der Waals surface area contributed by atoms with Gasteiger partial charge in [-0.15, -0.1) is 0 Å². The molecular weight excluding hydrogens is 467 g/mol. The zero-order chi connectivity index (χ0) is 25.6. The molecule has 0 aromatic heterocycles. The Balaban J connectivity index is 0.000000429. The summed E-state index contributed by atoms with van der Waals surface area (Å²) in [5.74, 6) is -2.47. The Morgan fingerprint density at radius 2 is 1.49 bits per heavy atom. The zero-order valence-corrected chi connectivity index (χ0v) is 18.7. The smallest absolute Gasteiger partial charge is 0.475 e.